The highest BCUT2D eigenvalue weighted by Gasteiger charge is 2.57. The third-order valence-electron chi connectivity index (χ3n) is 7.88. The number of hydrogen-bond acceptors (Lipinski definition) is 7. The van der Waals surface area contributed by atoms with E-state index in [1.807, 2.05) is 0 Å². The van der Waals surface area contributed by atoms with Crippen molar-refractivity contribution in [1.82, 2.24) is 4.90 Å². The van der Waals surface area contributed by atoms with Gasteiger partial charge in [0.25, 0.3) is 15.9 Å². The van der Waals surface area contributed by atoms with Crippen LogP contribution in [0.2, 0.25) is 0 Å². The Morgan fingerprint density at radius 3 is 2.59 bits per heavy atom. The van der Waals surface area contributed by atoms with Crippen LogP contribution >= 0.6 is 0 Å². The number of amidine groups is 1. The van der Waals surface area contributed by atoms with Crippen LogP contribution in [0.4, 0.5) is 20.2 Å². The summed E-state index contributed by atoms with van der Waals surface area (Å²) in [7, 11) is -8.07. The number of nitrogens with one attached hydrogen (secondary N) is 2. The topological polar surface area (TPSA) is 145 Å². The highest BCUT2D eigenvalue weighted by atomic mass is 32.2. The highest BCUT2D eigenvalue weighted by molar-refractivity contribution is 7.92. The smallest absolute Gasteiger partial charge is 0.286 e. The molecular weight excluding hydrogens is 554 g/mol. The van der Waals surface area contributed by atoms with Crippen LogP contribution in [0.5, 0.6) is 0 Å². The number of aliphatic hydroxyl groups excluding tert-OH is 1. The molecule has 10 nitrogen and oxygen atoms in total. The summed E-state index contributed by atoms with van der Waals surface area (Å²) < 4.78 is 82.9. The predicted octanol–water partition coefficient (Wildman–Crippen LogP) is 3.12. The first-order valence-corrected chi connectivity index (χ1v) is 15.6. The number of fused-ring (bicyclic) bond motifs is 6. The van der Waals surface area contributed by atoms with Crippen molar-refractivity contribution in [2.75, 3.05) is 16.3 Å². The van der Waals surface area contributed by atoms with Gasteiger partial charge in [0.05, 0.1) is 11.9 Å². The SMILES string of the molecule is CS(=O)(=O)Nc1ccc2c(c1)S(=O)(=O)N=C(C1=C(O)[C@@H]3[C@H]4CC[C@@H](C4)[C@@H]3N(Cc3ccc(F)c(F)c3)C1=O)N2. The fraction of sp³-hybridized carbons (Fsp3) is 0.360. The number of carbonyl (C=O) groups excluding carboxylic acids is 1. The van der Waals surface area contributed by atoms with Gasteiger partial charge in [0.1, 0.15) is 16.2 Å². The van der Waals surface area contributed by atoms with Crippen molar-refractivity contribution in [2.24, 2.45) is 22.2 Å². The van der Waals surface area contributed by atoms with Gasteiger partial charge in [-0.2, -0.15) is 8.42 Å². The molecule has 206 valence electrons. The van der Waals surface area contributed by atoms with E-state index in [1.165, 1.54) is 23.1 Å². The second-order valence-electron chi connectivity index (χ2n) is 10.4. The van der Waals surface area contributed by atoms with Gasteiger partial charge >= 0.3 is 0 Å². The van der Waals surface area contributed by atoms with Gasteiger partial charge < -0.3 is 15.3 Å². The molecule has 39 heavy (non-hydrogen) atoms. The molecule has 2 fully saturated rings. The Morgan fingerprint density at radius 2 is 1.87 bits per heavy atom. The Bertz CT molecular complexity index is 1710. The van der Waals surface area contributed by atoms with E-state index in [-0.39, 0.29) is 57.9 Å². The molecule has 6 rings (SSSR count). The van der Waals surface area contributed by atoms with Crippen LogP contribution in [0.15, 0.2) is 57.0 Å². The second kappa shape index (κ2) is 8.74. The molecule has 0 aromatic heterocycles. The molecule has 2 aromatic carbocycles. The van der Waals surface area contributed by atoms with Gasteiger partial charge in [-0.25, -0.2) is 17.2 Å². The van der Waals surface area contributed by atoms with E-state index in [4.69, 9.17) is 0 Å². The Labute approximate surface area is 223 Å². The molecule has 4 atom stereocenters. The monoisotopic (exact) mass is 578 g/mol. The van der Waals surface area contributed by atoms with Gasteiger partial charge in [-0.15, -0.1) is 4.40 Å². The van der Waals surface area contributed by atoms with Crippen molar-refractivity contribution in [3.63, 3.8) is 0 Å². The summed E-state index contributed by atoms with van der Waals surface area (Å²) in [5, 5.41) is 14.2. The molecule has 2 aliphatic carbocycles. The number of anilines is 2. The summed E-state index contributed by atoms with van der Waals surface area (Å²) in [4.78, 5) is 15.1. The number of benzene rings is 2. The number of rotatable bonds is 5. The lowest BCUT2D eigenvalue weighted by molar-refractivity contribution is -0.134. The number of sulfonamides is 2. The lowest BCUT2D eigenvalue weighted by Crippen LogP contribution is -2.53. The summed E-state index contributed by atoms with van der Waals surface area (Å²) >= 11 is 0. The number of aliphatic hydroxyl groups is 1. The normalized spacial score (nSPS) is 27.1. The summed E-state index contributed by atoms with van der Waals surface area (Å²) in [6.07, 6.45) is 3.41. The van der Waals surface area contributed by atoms with Crippen LogP contribution in [-0.4, -0.2) is 50.9 Å². The molecule has 2 aliphatic heterocycles. The lowest BCUT2D eigenvalue weighted by atomic mass is 9.77. The minimum Gasteiger partial charge on any atom is -0.511 e. The Hall–Kier alpha value is -3.52. The first-order valence-electron chi connectivity index (χ1n) is 12.2. The van der Waals surface area contributed by atoms with Crippen LogP contribution in [-0.2, 0) is 31.4 Å². The first kappa shape index (κ1) is 25.7. The standard InChI is InChI=1S/C25H24F2N4O6S2/c1-38(34,35)29-15-5-7-18-19(10-15)39(36,37)30-24(28-18)21-23(32)20-13-3-4-14(9-13)22(20)31(25(21)33)11-12-2-6-16(26)17(27)8-12/h2,5-8,10,13-14,20,22,29,32H,3-4,9,11H2,1H3,(H,28,30)/t13-,14-,20+,22-/m0/s1. The Morgan fingerprint density at radius 1 is 1.13 bits per heavy atom. The third-order valence-corrected chi connectivity index (χ3v) is 9.80. The van der Waals surface area contributed by atoms with E-state index in [2.05, 4.69) is 14.4 Å². The van der Waals surface area contributed by atoms with Gasteiger partial charge in [-0.05, 0) is 67.0 Å². The number of amides is 1. The van der Waals surface area contributed by atoms with Gasteiger partial charge in [0.2, 0.25) is 10.0 Å². The van der Waals surface area contributed by atoms with Crippen molar-refractivity contribution < 1.29 is 35.5 Å². The van der Waals surface area contributed by atoms with Crippen LogP contribution < -0.4 is 10.0 Å². The van der Waals surface area contributed by atoms with E-state index >= 15 is 0 Å². The molecule has 0 saturated heterocycles. The molecule has 0 spiro atoms. The zero-order valence-electron chi connectivity index (χ0n) is 20.6. The van der Waals surface area contributed by atoms with Crippen molar-refractivity contribution >= 4 is 43.2 Å². The maximum absolute atomic E-state index is 14.0. The van der Waals surface area contributed by atoms with Crippen molar-refractivity contribution in [1.29, 1.82) is 0 Å². The molecule has 2 aromatic rings. The van der Waals surface area contributed by atoms with E-state index in [1.54, 1.807) is 0 Å². The number of halogens is 2. The molecule has 4 aliphatic rings. The van der Waals surface area contributed by atoms with Crippen LogP contribution in [0.25, 0.3) is 0 Å². The average molecular weight is 579 g/mol. The van der Waals surface area contributed by atoms with Gasteiger partial charge in [-0.1, -0.05) is 6.07 Å². The zero-order chi connectivity index (χ0) is 27.9. The van der Waals surface area contributed by atoms with E-state index in [9.17, 15) is 35.5 Å². The molecule has 0 unspecified atom stereocenters. The molecule has 3 N–H and O–H groups in total. The highest BCUT2D eigenvalue weighted by Crippen LogP contribution is 2.55. The van der Waals surface area contributed by atoms with E-state index < -0.39 is 43.5 Å². The van der Waals surface area contributed by atoms with Crippen LogP contribution in [0.3, 0.4) is 0 Å². The molecule has 14 heteroatoms. The summed E-state index contributed by atoms with van der Waals surface area (Å²) in [5.41, 5.74) is 0.124. The number of nitrogens with zero attached hydrogens (tertiary/aromatic N) is 2. The summed E-state index contributed by atoms with van der Waals surface area (Å²) in [5.74, 6) is -3.59. The average Bonchev–Trinajstić information content (AvgIpc) is 3.46. The molecule has 2 heterocycles. The maximum atomic E-state index is 14.0. The second-order valence-corrected chi connectivity index (χ2v) is 13.7. The molecule has 2 bridgehead atoms. The molecule has 1 amide bonds. The minimum absolute atomic E-state index is 0.0126. The van der Waals surface area contributed by atoms with Crippen LogP contribution in [0, 0.1) is 29.4 Å². The lowest BCUT2D eigenvalue weighted by Gasteiger charge is -2.44. The maximum Gasteiger partial charge on any atom is 0.286 e. The van der Waals surface area contributed by atoms with Crippen molar-refractivity contribution in [3.05, 3.63) is 64.9 Å². The number of carbonyl (C=O) groups is 1. The predicted molar refractivity (Wildman–Crippen MR) is 138 cm³/mol. The van der Waals surface area contributed by atoms with Crippen LogP contribution in [0.1, 0.15) is 24.8 Å². The Kier molecular flexibility index (Phi) is 5.77. The summed E-state index contributed by atoms with van der Waals surface area (Å²) in [6, 6.07) is 6.80. The Balaban J connectivity index is 1.41. The zero-order valence-corrected chi connectivity index (χ0v) is 22.2. The fourth-order valence-electron chi connectivity index (χ4n) is 6.43. The molecule has 2 saturated carbocycles. The molecule has 0 radical (unpaired) electrons. The summed E-state index contributed by atoms with van der Waals surface area (Å²) in [6.45, 7) is -0.0612. The van der Waals surface area contributed by atoms with E-state index in [0.29, 0.717) is 5.56 Å². The minimum atomic E-state index is -4.40. The quantitative estimate of drug-likeness (QED) is 0.494. The largest absolute Gasteiger partial charge is 0.511 e. The third kappa shape index (κ3) is 4.35. The van der Waals surface area contributed by atoms with Gasteiger partial charge in [0, 0.05) is 24.2 Å². The van der Waals surface area contributed by atoms with Gasteiger partial charge in [0.15, 0.2) is 17.5 Å². The van der Waals surface area contributed by atoms with E-state index in [0.717, 1.165) is 43.7 Å². The van der Waals surface area contributed by atoms with Gasteiger partial charge in [-0.3, -0.25) is 9.52 Å². The van der Waals surface area contributed by atoms with Crippen molar-refractivity contribution in [2.45, 2.75) is 36.7 Å². The first-order chi connectivity index (χ1) is 18.3. The molecular formula is C25H24F2N4O6S2. The van der Waals surface area contributed by atoms with Crippen molar-refractivity contribution in [3.8, 4) is 0 Å². The fourth-order valence-corrected chi connectivity index (χ4v) is 8.13. The number of hydrogen-bond donors (Lipinski definition) is 3.